The molecule has 1 heteroatoms. The highest BCUT2D eigenvalue weighted by atomic mass is 15.1. The quantitative estimate of drug-likeness (QED) is 0.594. The molecule has 1 nitrogen and oxygen atoms in total. The third-order valence-electron chi connectivity index (χ3n) is 2.81. The normalized spacial score (nSPS) is 12.6. The molecule has 1 aromatic rings. The van der Waals surface area contributed by atoms with E-state index in [2.05, 4.69) is 44.4 Å². The molecule has 0 saturated heterocycles. The Balaban J connectivity index is 0.000000741. The molecule has 1 aromatic carbocycles. The lowest BCUT2D eigenvalue weighted by molar-refractivity contribution is 0.623. The zero-order valence-electron chi connectivity index (χ0n) is 13.2. The molecule has 0 unspecified atom stereocenters. The van der Waals surface area contributed by atoms with Crippen LogP contribution in [0.5, 0.6) is 0 Å². The Hall–Kier alpha value is -1.76. The van der Waals surface area contributed by atoms with E-state index >= 15 is 0 Å². The van der Waals surface area contributed by atoms with Crippen LogP contribution in [0.4, 0.5) is 0 Å². The van der Waals surface area contributed by atoms with E-state index in [1.807, 2.05) is 45.7 Å². The van der Waals surface area contributed by atoms with Crippen molar-refractivity contribution in [3.63, 3.8) is 0 Å². The lowest BCUT2D eigenvalue weighted by atomic mass is 10.0. The second kappa shape index (κ2) is 8.36. The van der Waals surface area contributed by atoms with Gasteiger partial charge in [-0.1, -0.05) is 64.6 Å². The maximum Gasteiger partial charge on any atom is 0.0414 e. The average molecular weight is 257 g/mol. The predicted molar refractivity (Wildman–Crippen MR) is 88.8 cm³/mol. The van der Waals surface area contributed by atoms with E-state index in [-0.39, 0.29) is 0 Å². The Morgan fingerprint density at radius 1 is 0.947 bits per heavy atom. The fraction of sp³-hybridized carbons (Fsp3) is 0.333. The number of hydrogen-bond acceptors (Lipinski definition) is 1. The number of allylic oxidation sites excluding steroid dienone is 1. The molecule has 0 spiro atoms. The van der Waals surface area contributed by atoms with E-state index < -0.39 is 0 Å². The molecule has 1 heterocycles. The summed E-state index contributed by atoms with van der Waals surface area (Å²) in [5, 5.41) is 0. The largest absolute Gasteiger partial charge is 0.345 e. The van der Waals surface area contributed by atoms with E-state index in [1.54, 1.807) is 0 Å². The summed E-state index contributed by atoms with van der Waals surface area (Å²) in [6.07, 6.45) is 4.11. The van der Waals surface area contributed by atoms with Crippen molar-refractivity contribution in [3.05, 3.63) is 59.8 Å². The van der Waals surface area contributed by atoms with E-state index in [0.717, 1.165) is 11.4 Å². The minimum atomic E-state index is 0.967. The zero-order valence-corrected chi connectivity index (χ0v) is 13.2. The van der Waals surface area contributed by atoms with E-state index in [1.165, 1.54) is 16.7 Å². The zero-order chi connectivity index (χ0) is 15.0. The van der Waals surface area contributed by atoms with Crippen LogP contribution in [0.3, 0.4) is 0 Å². The molecule has 0 fully saturated rings. The number of aryl methyl sites for hydroxylation is 1. The number of rotatable bonds is 0. The van der Waals surface area contributed by atoms with Gasteiger partial charge in [0.2, 0.25) is 0 Å². The summed E-state index contributed by atoms with van der Waals surface area (Å²) in [4.78, 5) is 2.02. The molecule has 0 radical (unpaired) electrons. The molecule has 0 aromatic heterocycles. The van der Waals surface area contributed by atoms with Crippen molar-refractivity contribution in [2.75, 3.05) is 7.05 Å². The van der Waals surface area contributed by atoms with Gasteiger partial charge < -0.3 is 4.90 Å². The molecular weight excluding hydrogens is 230 g/mol. The number of fused-ring (bicyclic) bond motifs is 1. The smallest absolute Gasteiger partial charge is 0.0414 e. The van der Waals surface area contributed by atoms with E-state index in [4.69, 9.17) is 0 Å². The van der Waals surface area contributed by atoms with Crippen molar-refractivity contribution in [1.29, 1.82) is 0 Å². The Morgan fingerprint density at radius 2 is 1.53 bits per heavy atom. The standard InChI is InChI=1S/C14H15N.2C2H6/c1-10-5-7-13-8-6-11(2)15(4)12(3)14(13)9-10;2*1-2/h5-9H,2-3H2,1,4H3;2*1-2H3. The maximum absolute atomic E-state index is 4.11. The van der Waals surface area contributed by atoms with Crippen LogP contribution in [0.25, 0.3) is 11.8 Å². The number of nitrogens with zero attached hydrogens (tertiary/aromatic N) is 1. The summed E-state index contributed by atoms with van der Waals surface area (Å²) >= 11 is 0. The fourth-order valence-corrected chi connectivity index (χ4v) is 1.72. The van der Waals surface area contributed by atoms with Crippen molar-refractivity contribution in [2.24, 2.45) is 0 Å². The molecule has 0 amide bonds. The first kappa shape index (κ1) is 17.2. The third-order valence-corrected chi connectivity index (χ3v) is 2.81. The number of benzene rings is 1. The molecule has 1 aliphatic rings. The fourth-order valence-electron chi connectivity index (χ4n) is 1.72. The second-order valence-electron chi connectivity index (χ2n) is 3.92. The van der Waals surface area contributed by atoms with Gasteiger partial charge in [0.15, 0.2) is 0 Å². The second-order valence-corrected chi connectivity index (χ2v) is 3.92. The van der Waals surface area contributed by atoms with Gasteiger partial charge in [0, 0.05) is 24.0 Å². The van der Waals surface area contributed by atoms with Crippen molar-refractivity contribution < 1.29 is 0 Å². The Bertz CT molecular complexity index is 467. The maximum atomic E-state index is 4.11. The van der Waals surface area contributed by atoms with Crippen LogP contribution < -0.4 is 0 Å². The average Bonchev–Trinajstić information content (AvgIpc) is 2.56. The van der Waals surface area contributed by atoms with Crippen LogP contribution in [0.1, 0.15) is 44.4 Å². The van der Waals surface area contributed by atoms with Crippen LogP contribution in [0.15, 0.2) is 43.1 Å². The van der Waals surface area contributed by atoms with Gasteiger partial charge in [0.05, 0.1) is 0 Å². The van der Waals surface area contributed by atoms with Gasteiger partial charge in [-0.05, 0) is 24.6 Å². The van der Waals surface area contributed by atoms with E-state index in [9.17, 15) is 0 Å². The minimum Gasteiger partial charge on any atom is -0.345 e. The molecular formula is C18H27N. The summed E-state index contributed by atoms with van der Waals surface area (Å²) in [5.41, 5.74) is 5.62. The van der Waals surface area contributed by atoms with Crippen LogP contribution in [-0.4, -0.2) is 11.9 Å². The number of hydrogen-bond donors (Lipinski definition) is 0. The minimum absolute atomic E-state index is 0.967. The van der Waals surface area contributed by atoms with Gasteiger partial charge in [-0.15, -0.1) is 0 Å². The summed E-state index contributed by atoms with van der Waals surface area (Å²) in [5.74, 6) is 0. The Morgan fingerprint density at radius 3 is 2.11 bits per heavy atom. The summed E-state index contributed by atoms with van der Waals surface area (Å²) in [6.45, 7) is 18.2. The third kappa shape index (κ3) is 4.13. The van der Waals surface area contributed by atoms with Crippen molar-refractivity contribution in [1.82, 2.24) is 4.90 Å². The van der Waals surface area contributed by atoms with Gasteiger partial charge in [-0.3, -0.25) is 0 Å². The van der Waals surface area contributed by atoms with Gasteiger partial charge >= 0.3 is 0 Å². The topological polar surface area (TPSA) is 3.24 Å². The SMILES string of the molecule is C=C1C=Cc2ccc(C)cc2C(=C)N1C.CC.CC. The van der Waals surface area contributed by atoms with Crippen molar-refractivity contribution >= 4 is 11.8 Å². The summed E-state index contributed by atoms with van der Waals surface area (Å²) in [7, 11) is 1.99. The monoisotopic (exact) mass is 257 g/mol. The van der Waals surface area contributed by atoms with Crippen molar-refractivity contribution in [3.8, 4) is 0 Å². The predicted octanol–water partition coefficient (Wildman–Crippen LogP) is 5.49. The van der Waals surface area contributed by atoms with Gasteiger partial charge in [-0.2, -0.15) is 0 Å². The van der Waals surface area contributed by atoms with Gasteiger partial charge in [0.25, 0.3) is 0 Å². The van der Waals surface area contributed by atoms with Crippen LogP contribution in [0, 0.1) is 6.92 Å². The first-order valence-electron chi connectivity index (χ1n) is 7.00. The van der Waals surface area contributed by atoms with Gasteiger partial charge in [-0.25, -0.2) is 0 Å². The molecule has 0 bridgehead atoms. The lowest BCUT2D eigenvalue weighted by Crippen LogP contribution is -2.12. The molecule has 0 aliphatic carbocycles. The molecule has 0 saturated carbocycles. The molecule has 2 rings (SSSR count). The highest BCUT2D eigenvalue weighted by Crippen LogP contribution is 2.28. The van der Waals surface area contributed by atoms with Gasteiger partial charge in [0.1, 0.15) is 0 Å². The lowest BCUT2D eigenvalue weighted by Gasteiger charge is -2.21. The first-order valence-corrected chi connectivity index (χ1v) is 7.00. The van der Waals surface area contributed by atoms with Crippen LogP contribution in [0.2, 0.25) is 0 Å². The number of likely N-dealkylation sites (N-methyl/N-ethyl adjacent to an activating group) is 1. The molecule has 0 N–H and O–H groups in total. The Kier molecular flexibility index (Phi) is 7.59. The first-order chi connectivity index (χ1) is 9.09. The van der Waals surface area contributed by atoms with E-state index in [0.29, 0.717) is 0 Å². The highest BCUT2D eigenvalue weighted by molar-refractivity contribution is 5.76. The van der Waals surface area contributed by atoms with Crippen LogP contribution in [-0.2, 0) is 0 Å². The molecule has 104 valence electrons. The Labute approximate surface area is 119 Å². The van der Waals surface area contributed by atoms with Crippen LogP contribution >= 0.6 is 0 Å². The molecule has 0 atom stereocenters. The van der Waals surface area contributed by atoms with Crippen molar-refractivity contribution in [2.45, 2.75) is 34.6 Å². The molecule has 1 aliphatic heterocycles. The molecule has 19 heavy (non-hydrogen) atoms. The summed E-state index contributed by atoms with van der Waals surface area (Å²) < 4.78 is 0. The summed E-state index contributed by atoms with van der Waals surface area (Å²) in [6, 6.07) is 6.40. The highest BCUT2D eigenvalue weighted by Gasteiger charge is 2.13.